The summed E-state index contributed by atoms with van der Waals surface area (Å²) in [5.41, 5.74) is 6.36. The molecule has 6 heteroatoms. The number of nitrogens with one attached hydrogen (secondary N) is 1. The number of ether oxygens (including phenoxy) is 2. The molecule has 0 fully saturated rings. The molecule has 0 aliphatic heterocycles. The fourth-order valence-electron chi connectivity index (χ4n) is 3.87. The summed E-state index contributed by atoms with van der Waals surface area (Å²) in [5.74, 6) is 2.21. The van der Waals surface area contributed by atoms with Crippen molar-refractivity contribution in [2.75, 3.05) is 13.2 Å². The molecular formula is C28H31N3O3. The van der Waals surface area contributed by atoms with Crippen LogP contribution in [-0.2, 0) is 17.9 Å². The summed E-state index contributed by atoms with van der Waals surface area (Å²) >= 11 is 0. The van der Waals surface area contributed by atoms with E-state index in [2.05, 4.69) is 29.8 Å². The van der Waals surface area contributed by atoms with E-state index in [-0.39, 0.29) is 12.5 Å². The number of fused-ring (bicyclic) bond motifs is 1. The van der Waals surface area contributed by atoms with E-state index in [1.165, 1.54) is 5.56 Å². The van der Waals surface area contributed by atoms with Gasteiger partial charge in [-0.05, 0) is 74.2 Å². The number of carbonyl (C=O) groups excluding carboxylic acids is 1. The van der Waals surface area contributed by atoms with Gasteiger partial charge in [-0.1, -0.05) is 36.4 Å². The van der Waals surface area contributed by atoms with Crippen LogP contribution in [-0.4, -0.2) is 28.7 Å². The maximum atomic E-state index is 12.5. The van der Waals surface area contributed by atoms with Crippen LogP contribution in [0.2, 0.25) is 0 Å². The van der Waals surface area contributed by atoms with Gasteiger partial charge in [0.2, 0.25) is 0 Å². The monoisotopic (exact) mass is 457 g/mol. The van der Waals surface area contributed by atoms with Gasteiger partial charge < -0.3 is 19.4 Å². The third-order valence-corrected chi connectivity index (χ3v) is 6.01. The van der Waals surface area contributed by atoms with Crippen molar-refractivity contribution in [2.24, 2.45) is 0 Å². The molecular weight excluding hydrogens is 426 g/mol. The second kappa shape index (κ2) is 10.4. The van der Waals surface area contributed by atoms with Gasteiger partial charge in [0.1, 0.15) is 23.9 Å². The molecule has 0 radical (unpaired) electrons. The lowest BCUT2D eigenvalue weighted by Gasteiger charge is -2.14. The van der Waals surface area contributed by atoms with Crippen molar-refractivity contribution in [3.8, 4) is 11.5 Å². The highest BCUT2D eigenvalue weighted by Crippen LogP contribution is 2.22. The van der Waals surface area contributed by atoms with Gasteiger partial charge in [0.05, 0.1) is 24.1 Å². The molecule has 0 aliphatic carbocycles. The second-order valence-electron chi connectivity index (χ2n) is 8.55. The molecule has 0 saturated carbocycles. The first-order valence-electron chi connectivity index (χ1n) is 11.5. The van der Waals surface area contributed by atoms with Gasteiger partial charge in [-0.25, -0.2) is 4.98 Å². The third-order valence-electron chi connectivity index (χ3n) is 6.01. The van der Waals surface area contributed by atoms with E-state index in [1.54, 1.807) is 0 Å². The first-order chi connectivity index (χ1) is 16.4. The molecule has 176 valence electrons. The number of aryl methyl sites for hydroxylation is 3. The highest BCUT2D eigenvalue weighted by atomic mass is 16.5. The number of para-hydroxylation sites is 2. The van der Waals surface area contributed by atoms with Crippen molar-refractivity contribution in [2.45, 2.75) is 40.8 Å². The Hall–Kier alpha value is -3.80. The smallest absolute Gasteiger partial charge is 0.258 e. The maximum Gasteiger partial charge on any atom is 0.258 e. The highest BCUT2D eigenvalue weighted by molar-refractivity contribution is 5.78. The van der Waals surface area contributed by atoms with Crippen LogP contribution in [0.15, 0.2) is 60.7 Å². The van der Waals surface area contributed by atoms with Crippen molar-refractivity contribution >= 4 is 16.9 Å². The number of hydrogen-bond donors (Lipinski definition) is 1. The summed E-state index contributed by atoms with van der Waals surface area (Å²) < 4.78 is 13.9. The Labute approximate surface area is 200 Å². The molecule has 0 unspecified atom stereocenters. The Morgan fingerprint density at radius 3 is 2.59 bits per heavy atom. The summed E-state index contributed by atoms with van der Waals surface area (Å²) in [4.78, 5) is 17.2. The number of imidazole rings is 1. The summed E-state index contributed by atoms with van der Waals surface area (Å²) in [6.45, 7) is 9.51. The van der Waals surface area contributed by atoms with E-state index >= 15 is 0 Å². The predicted octanol–water partition coefficient (Wildman–Crippen LogP) is 5.04. The third kappa shape index (κ3) is 5.39. The predicted molar refractivity (Wildman–Crippen MR) is 134 cm³/mol. The van der Waals surface area contributed by atoms with E-state index < -0.39 is 0 Å². The number of amides is 1. The Morgan fingerprint density at radius 2 is 1.74 bits per heavy atom. The molecule has 0 spiro atoms. The molecule has 0 aliphatic rings. The first kappa shape index (κ1) is 23.4. The first-order valence-corrected chi connectivity index (χ1v) is 11.5. The molecule has 4 aromatic rings. The van der Waals surface area contributed by atoms with Crippen LogP contribution in [0.25, 0.3) is 11.0 Å². The number of benzene rings is 3. The normalized spacial score (nSPS) is 10.9. The van der Waals surface area contributed by atoms with Crippen LogP contribution < -0.4 is 14.8 Å². The number of hydrogen-bond acceptors (Lipinski definition) is 4. The lowest BCUT2D eigenvalue weighted by molar-refractivity contribution is -0.123. The Morgan fingerprint density at radius 1 is 0.912 bits per heavy atom. The molecule has 1 N–H and O–H groups in total. The fourth-order valence-corrected chi connectivity index (χ4v) is 3.87. The van der Waals surface area contributed by atoms with Gasteiger partial charge in [-0.3, -0.25) is 4.79 Å². The molecule has 4 rings (SSSR count). The zero-order valence-corrected chi connectivity index (χ0v) is 20.2. The fraction of sp³-hybridized carbons (Fsp3) is 0.286. The minimum absolute atomic E-state index is 0.0414. The lowest BCUT2D eigenvalue weighted by Crippen LogP contribution is -2.30. The maximum absolute atomic E-state index is 12.5. The SMILES string of the molecule is Cc1ccc(C)c(OCC(=O)NCc2nc3ccccc3n2CCOc2cccc(C)c2C)c1. The van der Waals surface area contributed by atoms with E-state index in [0.717, 1.165) is 45.0 Å². The molecule has 3 aromatic carbocycles. The van der Waals surface area contributed by atoms with E-state index in [1.807, 2.05) is 68.4 Å². The van der Waals surface area contributed by atoms with Crippen LogP contribution in [0.1, 0.15) is 28.1 Å². The van der Waals surface area contributed by atoms with Gasteiger partial charge in [0.15, 0.2) is 6.61 Å². The van der Waals surface area contributed by atoms with Crippen LogP contribution in [0, 0.1) is 27.7 Å². The largest absolute Gasteiger partial charge is 0.491 e. The summed E-state index contributed by atoms with van der Waals surface area (Å²) in [6.07, 6.45) is 0. The van der Waals surface area contributed by atoms with Crippen molar-refractivity contribution in [1.82, 2.24) is 14.9 Å². The van der Waals surface area contributed by atoms with Crippen molar-refractivity contribution in [3.63, 3.8) is 0 Å². The van der Waals surface area contributed by atoms with Crippen molar-refractivity contribution in [3.05, 3.63) is 88.7 Å². The van der Waals surface area contributed by atoms with Gasteiger partial charge in [-0.15, -0.1) is 0 Å². The topological polar surface area (TPSA) is 65.4 Å². The Balaban J connectivity index is 1.41. The summed E-state index contributed by atoms with van der Waals surface area (Å²) in [5, 5.41) is 2.94. The van der Waals surface area contributed by atoms with Gasteiger partial charge in [-0.2, -0.15) is 0 Å². The Bertz CT molecular complexity index is 1310. The van der Waals surface area contributed by atoms with Crippen LogP contribution in [0.4, 0.5) is 0 Å². The van der Waals surface area contributed by atoms with Crippen LogP contribution in [0.3, 0.4) is 0 Å². The minimum atomic E-state index is -0.189. The zero-order valence-electron chi connectivity index (χ0n) is 20.2. The Kier molecular flexibility index (Phi) is 7.16. The molecule has 1 amide bonds. The number of rotatable bonds is 9. The van der Waals surface area contributed by atoms with Gasteiger partial charge in [0, 0.05) is 0 Å². The second-order valence-corrected chi connectivity index (χ2v) is 8.55. The van der Waals surface area contributed by atoms with Crippen LogP contribution >= 0.6 is 0 Å². The zero-order chi connectivity index (χ0) is 24.1. The van der Waals surface area contributed by atoms with Gasteiger partial charge in [0.25, 0.3) is 5.91 Å². The number of carbonyl (C=O) groups is 1. The van der Waals surface area contributed by atoms with Crippen molar-refractivity contribution in [1.29, 1.82) is 0 Å². The summed E-state index contributed by atoms with van der Waals surface area (Å²) in [6, 6.07) is 20.0. The van der Waals surface area contributed by atoms with E-state index in [9.17, 15) is 4.79 Å². The average Bonchev–Trinajstić information content (AvgIpc) is 3.18. The molecule has 6 nitrogen and oxygen atoms in total. The van der Waals surface area contributed by atoms with Crippen molar-refractivity contribution < 1.29 is 14.3 Å². The minimum Gasteiger partial charge on any atom is -0.491 e. The lowest BCUT2D eigenvalue weighted by atomic mass is 10.1. The standard InChI is InChI=1S/C28H31N3O3/c1-19-12-13-21(3)26(16-19)34-18-28(32)29-17-27-30-23-9-5-6-10-24(23)31(27)14-15-33-25-11-7-8-20(2)22(25)4/h5-13,16H,14-15,17-18H2,1-4H3,(H,29,32). The molecule has 1 heterocycles. The molecule has 0 saturated heterocycles. The number of nitrogens with zero attached hydrogens (tertiary/aromatic N) is 2. The molecule has 34 heavy (non-hydrogen) atoms. The molecule has 0 atom stereocenters. The van der Waals surface area contributed by atoms with E-state index in [4.69, 9.17) is 14.5 Å². The summed E-state index contributed by atoms with van der Waals surface area (Å²) in [7, 11) is 0. The highest BCUT2D eigenvalue weighted by Gasteiger charge is 2.13. The van der Waals surface area contributed by atoms with Crippen LogP contribution in [0.5, 0.6) is 11.5 Å². The van der Waals surface area contributed by atoms with Gasteiger partial charge >= 0.3 is 0 Å². The number of aromatic nitrogens is 2. The van der Waals surface area contributed by atoms with E-state index in [0.29, 0.717) is 19.7 Å². The molecule has 0 bridgehead atoms. The quantitative estimate of drug-likeness (QED) is 0.382. The molecule has 1 aromatic heterocycles. The average molecular weight is 458 g/mol.